The molecular weight excluding hydrogens is 192 g/mol. The molecule has 0 aromatic heterocycles. The van der Waals surface area contributed by atoms with Gasteiger partial charge in [-0.15, -0.1) is 0 Å². The summed E-state index contributed by atoms with van der Waals surface area (Å²) in [7, 11) is 0. The largest absolute Gasteiger partial charge is 0.0883 e. The molecule has 0 amide bonds. The van der Waals surface area contributed by atoms with E-state index >= 15 is 0 Å². The molecule has 0 heterocycles. The SMILES string of the molecule is CC(C)C=CCCCCC(C)CCC(C)C. The molecule has 0 saturated heterocycles. The summed E-state index contributed by atoms with van der Waals surface area (Å²) < 4.78 is 0. The fourth-order valence-corrected chi connectivity index (χ4v) is 1.89. The van der Waals surface area contributed by atoms with E-state index in [4.69, 9.17) is 0 Å². The molecule has 0 spiro atoms. The summed E-state index contributed by atoms with van der Waals surface area (Å²) in [5.41, 5.74) is 0. The van der Waals surface area contributed by atoms with Crippen LogP contribution in [0, 0.1) is 17.8 Å². The third-order valence-electron chi connectivity index (χ3n) is 3.08. The van der Waals surface area contributed by atoms with Gasteiger partial charge in [-0.3, -0.25) is 0 Å². The van der Waals surface area contributed by atoms with Crippen molar-refractivity contribution >= 4 is 0 Å². The zero-order valence-electron chi connectivity index (χ0n) is 12.1. The molecule has 0 nitrogen and oxygen atoms in total. The van der Waals surface area contributed by atoms with E-state index in [1.807, 2.05) is 0 Å². The van der Waals surface area contributed by atoms with Crippen molar-refractivity contribution in [3.63, 3.8) is 0 Å². The lowest BCUT2D eigenvalue weighted by Gasteiger charge is -2.12. The molecule has 0 radical (unpaired) electrons. The van der Waals surface area contributed by atoms with Crippen molar-refractivity contribution in [1.82, 2.24) is 0 Å². The molecule has 0 aliphatic carbocycles. The predicted octanol–water partition coefficient (Wildman–Crippen LogP) is 5.83. The third kappa shape index (κ3) is 11.8. The van der Waals surface area contributed by atoms with Crippen molar-refractivity contribution in [2.24, 2.45) is 17.8 Å². The minimum Gasteiger partial charge on any atom is -0.0883 e. The van der Waals surface area contributed by atoms with E-state index in [2.05, 4.69) is 46.8 Å². The van der Waals surface area contributed by atoms with Gasteiger partial charge < -0.3 is 0 Å². The molecule has 0 fully saturated rings. The lowest BCUT2D eigenvalue weighted by atomic mass is 9.94. The zero-order valence-corrected chi connectivity index (χ0v) is 12.1. The standard InChI is InChI=1S/C16H32/c1-14(2)10-8-6-7-9-11-16(5)13-12-15(3)4/h8,10,14-16H,6-7,9,11-13H2,1-5H3. The smallest absolute Gasteiger partial charge is 0.0290 e. The van der Waals surface area contributed by atoms with Gasteiger partial charge >= 0.3 is 0 Å². The Labute approximate surface area is 104 Å². The van der Waals surface area contributed by atoms with Crippen molar-refractivity contribution in [3.8, 4) is 0 Å². The molecule has 1 unspecified atom stereocenters. The Balaban J connectivity index is 3.30. The molecule has 16 heavy (non-hydrogen) atoms. The first-order chi connectivity index (χ1) is 7.52. The molecule has 0 aliphatic rings. The van der Waals surface area contributed by atoms with Crippen LogP contribution in [0.1, 0.15) is 73.1 Å². The molecule has 0 N–H and O–H groups in total. The van der Waals surface area contributed by atoms with Crippen LogP contribution in [0.3, 0.4) is 0 Å². The molecule has 96 valence electrons. The Hall–Kier alpha value is -0.260. The second-order valence-corrected chi connectivity index (χ2v) is 6.03. The number of hydrogen-bond acceptors (Lipinski definition) is 0. The highest BCUT2D eigenvalue weighted by Gasteiger charge is 2.03. The predicted molar refractivity (Wildman–Crippen MR) is 75.7 cm³/mol. The summed E-state index contributed by atoms with van der Waals surface area (Å²) in [5.74, 6) is 2.51. The molecule has 0 aromatic rings. The lowest BCUT2D eigenvalue weighted by Crippen LogP contribution is -1.97. The number of hydrogen-bond donors (Lipinski definition) is 0. The maximum atomic E-state index is 2.41. The first-order valence-electron chi connectivity index (χ1n) is 7.19. The summed E-state index contributed by atoms with van der Waals surface area (Å²) >= 11 is 0. The first-order valence-corrected chi connectivity index (χ1v) is 7.19. The average Bonchev–Trinajstić information content (AvgIpc) is 2.19. The van der Waals surface area contributed by atoms with E-state index < -0.39 is 0 Å². The molecule has 0 heteroatoms. The Morgan fingerprint density at radius 2 is 1.50 bits per heavy atom. The summed E-state index contributed by atoms with van der Waals surface area (Å²) in [5, 5.41) is 0. The monoisotopic (exact) mass is 224 g/mol. The van der Waals surface area contributed by atoms with Crippen LogP contribution in [0.4, 0.5) is 0 Å². The molecule has 0 aliphatic heterocycles. The van der Waals surface area contributed by atoms with Crippen LogP contribution in [-0.4, -0.2) is 0 Å². The van der Waals surface area contributed by atoms with Crippen LogP contribution in [0.2, 0.25) is 0 Å². The summed E-state index contributed by atoms with van der Waals surface area (Å²) in [4.78, 5) is 0. The van der Waals surface area contributed by atoms with E-state index in [0.717, 1.165) is 11.8 Å². The van der Waals surface area contributed by atoms with Gasteiger partial charge in [0.25, 0.3) is 0 Å². The molecule has 1 atom stereocenters. The van der Waals surface area contributed by atoms with Crippen LogP contribution >= 0.6 is 0 Å². The van der Waals surface area contributed by atoms with Gasteiger partial charge in [-0.25, -0.2) is 0 Å². The van der Waals surface area contributed by atoms with Gasteiger partial charge in [0.05, 0.1) is 0 Å². The number of unbranched alkanes of at least 4 members (excludes halogenated alkanes) is 2. The van der Waals surface area contributed by atoms with E-state index in [9.17, 15) is 0 Å². The highest BCUT2D eigenvalue weighted by atomic mass is 14.1. The maximum absolute atomic E-state index is 2.41. The van der Waals surface area contributed by atoms with Crippen molar-refractivity contribution in [3.05, 3.63) is 12.2 Å². The van der Waals surface area contributed by atoms with Crippen LogP contribution in [0.5, 0.6) is 0 Å². The van der Waals surface area contributed by atoms with Crippen molar-refractivity contribution in [2.45, 2.75) is 73.1 Å². The Kier molecular flexibility index (Phi) is 9.77. The van der Waals surface area contributed by atoms with Gasteiger partial charge in [-0.1, -0.05) is 72.5 Å². The van der Waals surface area contributed by atoms with E-state index in [1.165, 1.54) is 38.5 Å². The van der Waals surface area contributed by atoms with Crippen molar-refractivity contribution < 1.29 is 0 Å². The van der Waals surface area contributed by atoms with E-state index in [1.54, 1.807) is 0 Å². The van der Waals surface area contributed by atoms with Gasteiger partial charge in [0.15, 0.2) is 0 Å². The molecule has 0 aromatic carbocycles. The second kappa shape index (κ2) is 9.93. The van der Waals surface area contributed by atoms with Crippen LogP contribution in [0.15, 0.2) is 12.2 Å². The number of rotatable bonds is 9. The Morgan fingerprint density at radius 1 is 0.812 bits per heavy atom. The fraction of sp³-hybridized carbons (Fsp3) is 0.875. The quantitative estimate of drug-likeness (QED) is 0.341. The molecule has 0 rings (SSSR count). The van der Waals surface area contributed by atoms with Crippen LogP contribution in [-0.2, 0) is 0 Å². The first kappa shape index (κ1) is 15.7. The van der Waals surface area contributed by atoms with Crippen molar-refractivity contribution in [2.75, 3.05) is 0 Å². The topological polar surface area (TPSA) is 0 Å². The lowest BCUT2D eigenvalue weighted by molar-refractivity contribution is 0.415. The second-order valence-electron chi connectivity index (χ2n) is 6.03. The fourth-order valence-electron chi connectivity index (χ4n) is 1.89. The zero-order chi connectivity index (χ0) is 12.4. The number of allylic oxidation sites excluding steroid dienone is 2. The minimum absolute atomic E-state index is 0.713. The summed E-state index contributed by atoms with van der Waals surface area (Å²) in [6.45, 7) is 11.5. The summed E-state index contributed by atoms with van der Waals surface area (Å²) in [6, 6.07) is 0. The van der Waals surface area contributed by atoms with E-state index in [-0.39, 0.29) is 0 Å². The highest BCUT2D eigenvalue weighted by molar-refractivity contribution is 4.84. The van der Waals surface area contributed by atoms with E-state index in [0.29, 0.717) is 5.92 Å². The molecule has 0 bridgehead atoms. The maximum Gasteiger partial charge on any atom is -0.0290 e. The Bertz CT molecular complexity index is 165. The van der Waals surface area contributed by atoms with Gasteiger partial charge in [-0.05, 0) is 30.6 Å². The van der Waals surface area contributed by atoms with Gasteiger partial charge in [0.2, 0.25) is 0 Å². The van der Waals surface area contributed by atoms with Crippen LogP contribution < -0.4 is 0 Å². The summed E-state index contributed by atoms with van der Waals surface area (Å²) in [6.07, 6.45) is 13.0. The highest BCUT2D eigenvalue weighted by Crippen LogP contribution is 2.17. The minimum atomic E-state index is 0.713. The van der Waals surface area contributed by atoms with Crippen LogP contribution in [0.25, 0.3) is 0 Å². The average molecular weight is 224 g/mol. The normalized spacial score (nSPS) is 14.2. The van der Waals surface area contributed by atoms with Crippen molar-refractivity contribution in [1.29, 1.82) is 0 Å². The van der Waals surface area contributed by atoms with Gasteiger partial charge in [0.1, 0.15) is 0 Å². The van der Waals surface area contributed by atoms with Gasteiger partial charge in [-0.2, -0.15) is 0 Å². The van der Waals surface area contributed by atoms with Gasteiger partial charge in [0, 0.05) is 0 Å². The third-order valence-corrected chi connectivity index (χ3v) is 3.08. The molecule has 0 saturated carbocycles. The molecular formula is C16H32. The Morgan fingerprint density at radius 3 is 2.06 bits per heavy atom.